The lowest BCUT2D eigenvalue weighted by molar-refractivity contribution is 0.301. The number of aliphatic hydroxyl groups is 1. The number of thiazole rings is 1. The lowest BCUT2D eigenvalue weighted by Gasteiger charge is -2.19. The lowest BCUT2D eigenvalue weighted by atomic mass is 10.5. The van der Waals surface area contributed by atoms with E-state index in [-0.39, 0.29) is 6.61 Å². The summed E-state index contributed by atoms with van der Waals surface area (Å²) < 4.78 is 0. The van der Waals surface area contributed by atoms with Gasteiger partial charge in [-0.1, -0.05) is 11.3 Å². The monoisotopic (exact) mass is 199 g/mol. The van der Waals surface area contributed by atoms with Gasteiger partial charge in [0.05, 0.1) is 12.8 Å². The van der Waals surface area contributed by atoms with Crippen molar-refractivity contribution >= 4 is 21.5 Å². The number of nitrogen functional groups attached to an aromatic ring is 1. The van der Waals surface area contributed by atoms with Crippen LogP contribution in [0.2, 0.25) is 0 Å². The highest BCUT2D eigenvalue weighted by molar-refractivity contribution is 7.19. The van der Waals surface area contributed by atoms with Gasteiger partial charge < -0.3 is 15.7 Å². The molecule has 72 valence electrons. The van der Waals surface area contributed by atoms with Gasteiger partial charge in [0.1, 0.15) is 5.00 Å². The summed E-state index contributed by atoms with van der Waals surface area (Å²) in [4.78, 5) is 6.34. The zero-order valence-corrected chi connectivity index (χ0v) is 8.13. The molecule has 0 atom stereocenters. The predicted octanol–water partition coefficient (Wildman–Crippen LogP) is 0.686. The first kappa shape index (κ1) is 8.77. The van der Waals surface area contributed by atoms with Gasteiger partial charge in [-0.25, -0.2) is 4.98 Å². The predicted molar refractivity (Wildman–Crippen MR) is 54.0 cm³/mol. The summed E-state index contributed by atoms with van der Waals surface area (Å²) in [5.41, 5.74) is 5.60. The Morgan fingerprint density at radius 2 is 2.46 bits per heavy atom. The fourth-order valence-corrected chi connectivity index (χ4v) is 2.12. The fourth-order valence-electron chi connectivity index (χ4n) is 1.34. The summed E-state index contributed by atoms with van der Waals surface area (Å²) in [6.07, 6.45) is 4.09. The molecular weight excluding hydrogens is 186 g/mol. The molecule has 0 bridgehead atoms. The van der Waals surface area contributed by atoms with Gasteiger partial charge in [0, 0.05) is 12.6 Å². The molecule has 1 saturated carbocycles. The second-order valence-electron chi connectivity index (χ2n) is 3.19. The smallest absolute Gasteiger partial charge is 0.187 e. The highest BCUT2D eigenvalue weighted by atomic mass is 32.1. The Morgan fingerprint density at radius 1 is 1.69 bits per heavy atom. The zero-order valence-electron chi connectivity index (χ0n) is 7.31. The Morgan fingerprint density at radius 3 is 2.92 bits per heavy atom. The van der Waals surface area contributed by atoms with E-state index in [9.17, 15) is 0 Å². The second kappa shape index (κ2) is 3.51. The van der Waals surface area contributed by atoms with Crippen molar-refractivity contribution in [2.24, 2.45) is 0 Å². The molecule has 13 heavy (non-hydrogen) atoms. The Bertz CT molecular complexity index is 285. The SMILES string of the molecule is Nc1cnc(N(CCO)C2CC2)s1. The summed E-state index contributed by atoms with van der Waals surface area (Å²) in [7, 11) is 0. The number of aromatic nitrogens is 1. The fraction of sp³-hybridized carbons (Fsp3) is 0.625. The Balaban J connectivity index is 2.10. The van der Waals surface area contributed by atoms with Crippen LogP contribution in [-0.2, 0) is 0 Å². The molecule has 0 aromatic carbocycles. The molecule has 1 fully saturated rings. The van der Waals surface area contributed by atoms with E-state index in [2.05, 4.69) is 9.88 Å². The molecule has 1 aliphatic rings. The molecule has 1 heterocycles. The van der Waals surface area contributed by atoms with E-state index in [0.29, 0.717) is 12.6 Å². The van der Waals surface area contributed by atoms with Crippen molar-refractivity contribution in [1.82, 2.24) is 4.98 Å². The van der Waals surface area contributed by atoms with Crippen LogP contribution in [-0.4, -0.2) is 29.3 Å². The van der Waals surface area contributed by atoms with Crippen LogP contribution in [0.15, 0.2) is 6.20 Å². The first-order valence-corrected chi connectivity index (χ1v) is 5.21. The van der Waals surface area contributed by atoms with Gasteiger partial charge in [0.15, 0.2) is 5.13 Å². The number of hydrogen-bond acceptors (Lipinski definition) is 5. The van der Waals surface area contributed by atoms with E-state index in [4.69, 9.17) is 10.8 Å². The highest BCUT2D eigenvalue weighted by Gasteiger charge is 2.30. The molecule has 0 radical (unpaired) electrons. The summed E-state index contributed by atoms with van der Waals surface area (Å²) in [5.74, 6) is 0. The number of nitrogens with two attached hydrogens (primary N) is 1. The topological polar surface area (TPSA) is 62.4 Å². The third kappa shape index (κ3) is 1.92. The van der Waals surface area contributed by atoms with Crippen LogP contribution in [0.25, 0.3) is 0 Å². The molecule has 2 rings (SSSR count). The maximum absolute atomic E-state index is 8.89. The van der Waals surface area contributed by atoms with E-state index < -0.39 is 0 Å². The first-order chi connectivity index (χ1) is 6.31. The van der Waals surface area contributed by atoms with Crippen molar-refractivity contribution in [2.45, 2.75) is 18.9 Å². The molecule has 5 heteroatoms. The average molecular weight is 199 g/mol. The van der Waals surface area contributed by atoms with E-state index in [1.807, 2.05) is 0 Å². The molecule has 0 aliphatic heterocycles. The molecule has 3 N–H and O–H groups in total. The molecule has 1 aliphatic carbocycles. The first-order valence-electron chi connectivity index (χ1n) is 4.40. The summed E-state index contributed by atoms with van der Waals surface area (Å²) in [6.45, 7) is 0.841. The third-order valence-corrected chi connectivity index (χ3v) is 2.95. The zero-order chi connectivity index (χ0) is 9.26. The van der Waals surface area contributed by atoms with Crippen molar-refractivity contribution in [2.75, 3.05) is 23.8 Å². The quantitative estimate of drug-likeness (QED) is 0.748. The number of rotatable bonds is 4. The van der Waals surface area contributed by atoms with Gasteiger partial charge in [-0.2, -0.15) is 0 Å². The van der Waals surface area contributed by atoms with Crippen molar-refractivity contribution in [3.63, 3.8) is 0 Å². The molecule has 1 aromatic heterocycles. The number of hydrogen-bond donors (Lipinski definition) is 2. The van der Waals surface area contributed by atoms with Gasteiger partial charge in [-0.3, -0.25) is 0 Å². The van der Waals surface area contributed by atoms with Crippen LogP contribution in [0, 0.1) is 0 Å². The van der Waals surface area contributed by atoms with Crippen LogP contribution in [0.4, 0.5) is 10.1 Å². The van der Waals surface area contributed by atoms with Crippen LogP contribution >= 0.6 is 11.3 Å². The normalized spacial score (nSPS) is 16.1. The van der Waals surface area contributed by atoms with E-state index >= 15 is 0 Å². The summed E-state index contributed by atoms with van der Waals surface area (Å²) in [5, 5.41) is 10.6. The standard InChI is InChI=1S/C8H13N3OS/c9-7-5-10-8(13-7)11(3-4-12)6-1-2-6/h5-6,12H,1-4,9H2. The number of nitrogens with zero attached hydrogens (tertiary/aromatic N) is 2. The molecule has 0 unspecified atom stereocenters. The molecule has 0 amide bonds. The van der Waals surface area contributed by atoms with E-state index in [0.717, 1.165) is 10.1 Å². The van der Waals surface area contributed by atoms with Crippen molar-refractivity contribution in [3.8, 4) is 0 Å². The second-order valence-corrected chi connectivity index (χ2v) is 4.23. The van der Waals surface area contributed by atoms with Gasteiger partial charge >= 0.3 is 0 Å². The van der Waals surface area contributed by atoms with Crippen LogP contribution < -0.4 is 10.6 Å². The van der Waals surface area contributed by atoms with Crippen molar-refractivity contribution in [1.29, 1.82) is 0 Å². The number of aliphatic hydroxyl groups excluding tert-OH is 1. The largest absolute Gasteiger partial charge is 0.395 e. The summed E-state index contributed by atoms with van der Waals surface area (Å²) >= 11 is 1.49. The van der Waals surface area contributed by atoms with E-state index in [1.54, 1.807) is 6.20 Å². The average Bonchev–Trinajstić information content (AvgIpc) is 2.85. The molecule has 4 nitrogen and oxygen atoms in total. The van der Waals surface area contributed by atoms with Gasteiger partial charge in [-0.15, -0.1) is 0 Å². The maximum atomic E-state index is 8.89. The van der Waals surface area contributed by atoms with Gasteiger partial charge in [0.2, 0.25) is 0 Å². The van der Waals surface area contributed by atoms with Gasteiger partial charge in [-0.05, 0) is 12.8 Å². The Kier molecular flexibility index (Phi) is 2.37. The molecular formula is C8H13N3OS. The van der Waals surface area contributed by atoms with E-state index in [1.165, 1.54) is 24.2 Å². The van der Waals surface area contributed by atoms with Crippen LogP contribution in [0.1, 0.15) is 12.8 Å². The van der Waals surface area contributed by atoms with Crippen molar-refractivity contribution in [3.05, 3.63) is 6.20 Å². The maximum Gasteiger partial charge on any atom is 0.187 e. The minimum Gasteiger partial charge on any atom is -0.395 e. The molecule has 0 spiro atoms. The van der Waals surface area contributed by atoms with Crippen molar-refractivity contribution < 1.29 is 5.11 Å². The number of anilines is 2. The molecule has 1 aromatic rings. The lowest BCUT2D eigenvalue weighted by Crippen LogP contribution is -2.28. The van der Waals surface area contributed by atoms with Gasteiger partial charge in [0.25, 0.3) is 0 Å². The van der Waals surface area contributed by atoms with Crippen LogP contribution in [0.3, 0.4) is 0 Å². The Labute approximate surface area is 81.0 Å². The highest BCUT2D eigenvalue weighted by Crippen LogP contribution is 2.34. The minimum atomic E-state index is 0.177. The Hall–Kier alpha value is -0.810. The third-order valence-electron chi connectivity index (χ3n) is 2.09. The molecule has 0 saturated heterocycles. The minimum absolute atomic E-state index is 0.177. The summed E-state index contributed by atoms with van der Waals surface area (Å²) in [6, 6.07) is 0.581. The van der Waals surface area contributed by atoms with Crippen LogP contribution in [0.5, 0.6) is 0 Å².